The van der Waals surface area contributed by atoms with Crippen molar-refractivity contribution in [3.8, 4) is 5.69 Å². The number of benzene rings is 1. The number of nitrogens with two attached hydrogens (primary N) is 1. The molecule has 0 spiro atoms. The Labute approximate surface area is 82.4 Å². The fourth-order valence-corrected chi connectivity index (χ4v) is 1.46. The van der Waals surface area contributed by atoms with Crippen LogP contribution in [0.15, 0.2) is 30.9 Å². The van der Waals surface area contributed by atoms with Crippen LogP contribution in [0.4, 0.5) is 5.69 Å². The summed E-state index contributed by atoms with van der Waals surface area (Å²) in [5, 5.41) is 7.51. The van der Waals surface area contributed by atoms with Gasteiger partial charge in [-0.15, -0.1) is 10.2 Å². The van der Waals surface area contributed by atoms with Crippen molar-refractivity contribution in [1.82, 2.24) is 14.8 Å². The third-order valence-corrected chi connectivity index (χ3v) is 2.25. The molecule has 0 atom stereocenters. The van der Waals surface area contributed by atoms with Crippen molar-refractivity contribution < 1.29 is 0 Å². The summed E-state index contributed by atoms with van der Waals surface area (Å²) in [4.78, 5) is 0. The molecule has 0 radical (unpaired) electrons. The average molecular weight is 188 g/mol. The van der Waals surface area contributed by atoms with Crippen LogP contribution in [0.1, 0.15) is 12.5 Å². The van der Waals surface area contributed by atoms with E-state index in [0.29, 0.717) is 0 Å². The van der Waals surface area contributed by atoms with E-state index in [2.05, 4.69) is 17.1 Å². The molecule has 0 aliphatic rings. The van der Waals surface area contributed by atoms with E-state index in [0.717, 1.165) is 23.4 Å². The Kier molecular flexibility index (Phi) is 2.18. The molecule has 4 nitrogen and oxygen atoms in total. The number of aromatic nitrogens is 3. The molecular weight excluding hydrogens is 176 g/mol. The molecule has 2 aromatic rings. The van der Waals surface area contributed by atoms with Crippen molar-refractivity contribution in [3.63, 3.8) is 0 Å². The predicted molar refractivity (Wildman–Crippen MR) is 55.1 cm³/mol. The largest absolute Gasteiger partial charge is 0.397 e. The van der Waals surface area contributed by atoms with Crippen molar-refractivity contribution in [2.75, 3.05) is 5.73 Å². The summed E-state index contributed by atoms with van der Waals surface area (Å²) in [5.74, 6) is 0. The molecule has 0 saturated heterocycles. The highest BCUT2D eigenvalue weighted by Crippen LogP contribution is 2.21. The summed E-state index contributed by atoms with van der Waals surface area (Å²) in [5.41, 5.74) is 8.90. The van der Waals surface area contributed by atoms with Crippen LogP contribution in [0.2, 0.25) is 0 Å². The molecule has 0 aliphatic carbocycles. The van der Waals surface area contributed by atoms with Crippen molar-refractivity contribution in [2.45, 2.75) is 13.3 Å². The van der Waals surface area contributed by atoms with Crippen molar-refractivity contribution in [1.29, 1.82) is 0 Å². The zero-order valence-electron chi connectivity index (χ0n) is 8.01. The number of hydrogen-bond donors (Lipinski definition) is 1. The molecule has 0 amide bonds. The predicted octanol–water partition coefficient (Wildman–Crippen LogP) is 1.41. The molecule has 2 N–H and O–H groups in total. The van der Waals surface area contributed by atoms with E-state index in [9.17, 15) is 0 Å². The van der Waals surface area contributed by atoms with E-state index < -0.39 is 0 Å². The molecule has 0 saturated carbocycles. The number of anilines is 1. The van der Waals surface area contributed by atoms with E-state index in [1.807, 2.05) is 22.8 Å². The monoisotopic (exact) mass is 188 g/mol. The van der Waals surface area contributed by atoms with Gasteiger partial charge in [-0.05, 0) is 18.1 Å². The van der Waals surface area contributed by atoms with Crippen LogP contribution in [-0.4, -0.2) is 14.8 Å². The second-order valence-electron chi connectivity index (χ2n) is 3.07. The zero-order chi connectivity index (χ0) is 9.97. The van der Waals surface area contributed by atoms with Crippen molar-refractivity contribution in [2.24, 2.45) is 0 Å². The fraction of sp³-hybridized carbons (Fsp3) is 0.200. The first kappa shape index (κ1) is 8.74. The molecule has 1 aromatic heterocycles. The van der Waals surface area contributed by atoms with Gasteiger partial charge in [-0.25, -0.2) is 0 Å². The van der Waals surface area contributed by atoms with E-state index in [-0.39, 0.29) is 0 Å². The lowest BCUT2D eigenvalue weighted by Crippen LogP contribution is -2.00. The van der Waals surface area contributed by atoms with Crippen LogP contribution in [0, 0.1) is 0 Å². The van der Waals surface area contributed by atoms with Gasteiger partial charge in [0, 0.05) is 0 Å². The summed E-state index contributed by atoms with van der Waals surface area (Å²) in [6, 6.07) is 5.98. The Morgan fingerprint density at radius 1 is 1.29 bits per heavy atom. The number of nitrogen functional groups attached to an aromatic ring is 1. The highest BCUT2D eigenvalue weighted by atomic mass is 15.2. The number of nitrogens with zero attached hydrogens (tertiary/aromatic N) is 3. The molecule has 72 valence electrons. The standard InChI is InChI=1S/C10H12N4/c1-2-8-4-3-5-9(10(8)11)14-6-12-13-7-14/h3-7H,2,11H2,1H3. The van der Waals surface area contributed by atoms with E-state index in [1.165, 1.54) is 0 Å². The van der Waals surface area contributed by atoms with Gasteiger partial charge in [-0.3, -0.25) is 4.57 Å². The summed E-state index contributed by atoms with van der Waals surface area (Å²) in [6.07, 6.45) is 4.22. The molecule has 0 bridgehead atoms. The smallest absolute Gasteiger partial charge is 0.123 e. The second kappa shape index (κ2) is 3.49. The maximum absolute atomic E-state index is 6.01. The van der Waals surface area contributed by atoms with Crippen molar-refractivity contribution >= 4 is 5.69 Å². The van der Waals surface area contributed by atoms with E-state index in [1.54, 1.807) is 12.7 Å². The highest BCUT2D eigenvalue weighted by Gasteiger charge is 2.04. The van der Waals surface area contributed by atoms with Gasteiger partial charge in [0.15, 0.2) is 0 Å². The van der Waals surface area contributed by atoms with Crippen LogP contribution < -0.4 is 5.73 Å². The van der Waals surface area contributed by atoms with Gasteiger partial charge in [0.25, 0.3) is 0 Å². The van der Waals surface area contributed by atoms with Gasteiger partial charge in [0.05, 0.1) is 11.4 Å². The molecular formula is C10H12N4. The van der Waals surface area contributed by atoms with Gasteiger partial charge in [-0.2, -0.15) is 0 Å². The van der Waals surface area contributed by atoms with Crippen LogP contribution in [-0.2, 0) is 6.42 Å². The first-order chi connectivity index (χ1) is 6.83. The summed E-state index contributed by atoms with van der Waals surface area (Å²) >= 11 is 0. The van der Waals surface area contributed by atoms with Gasteiger partial charge in [-0.1, -0.05) is 19.1 Å². The highest BCUT2D eigenvalue weighted by molar-refractivity contribution is 5.62. The number of hydrogen-bond acceptors (Lipinski definition) is 3. The van der Waals surface area contributed by atoms with Gasteiger partial charge in [0.1, 0.15) is 12.7 Å². The topological polar surface area (TPSA) is 56.7 Å². The van der Waals surface area contributed by atoms with Crippen LogP contribution >= 0.6 is 0 Å². The number of aryl methyl sites for hydroxylation is 1. The Hall–Kier alpha value is -1.84. The molecule has 2 rings (SSSR count). The molecule has 0 unspecified atom stereocenters. The third kappa shape index (κ3) is 1.35. The normalized spacial score (nSPS) is 10.4. The number of rotatable bonds is 2. The summed E-state index contributed by atoms with van der Waals surface area (Å²) < 4.78 is 1.81. The summed E-state index contributed by atoms with van der Waals surface area (Å²) in [7, 11) is 0. The van der Waals surface area contributed by atoms with Gasteiger partial charge >= 0.3 is 0 Å². The lowest BCUT2D eigenvalue weighted by atomic mass is 10.1. The van der Waals surface area contributed by atoms with Crippen LogP contribution in [0.25, 0.3) is 5.69 Å². The average Bonchev–Trinajstić information content (AvgIpc) is 2.71. The minimum absolute atomic E-state index is 0.801. The van der Waals surface area contributed by atoms with Crippen LogP contribution in [0.5, 0.6) is 0 Å². The van der Waals surface area contributed by atoms with Gasteiger partial charge < -0.3 is 5.73 Å². The fourth-order valence-electron chi connectivity index (χ4n) is 1.46. The molecule has 1 aromatic carbocycles. The van der Waals surface area contributed by atoms with Gasteiger partial charge in [0.2, 0.25) is 0 Å². The Morgan fingerprint density at radius 2 is 2.00 bits per heavy atom. The minimum atomic E-state index is 0.801. The molecule has 0 fully saturated rings. The Bertz CT molecular complexity index is 420. The first-order valence-corrected chi connectivity index (χ1v) is 4.55. The third-order valence-electron chi connectivity index (χ3n) is 2.25. The maximum atomic E-state index is 6.01. The Morgan fingerprint density at radius 3 is 2.64 bits per heavy atom. The Balaban J connectivity index is 2.54. The lowest BCUT2D eigenvalue weighted by Gasteiger charge is -2.09. The molecule has 1 heterocycles. The van der Waals surface area contributed by atoms with Crippen LogP contribution in [0.3, 0.4) is 0 Å². The minimum Gasteiger partial charge on any atom is -0.397 e. The summed E-state index contributed by atoms with van der Waals surface area (Å²) in [6.45, 7) is 2.08. The first-order valence-electron chi connectivity index (χ1n) is 4.55. The quantitative estimate of drug-likeness (QED) is 0.725. The maximum Gasteiger partial charge on any atom is 0.123 e. The molecule has 4 heteroatoms. The second-order valence-corrected chi connectivity index (χ2v) is 3.07. The number of para-hydroxylation sites is 1. The SMILES string of the molecule is CCc1cccc(-n2cnnc2)c1N. The molecule has 0 aliphatic heterocycles. The lowest BCUT2D eigenvalue weighted by molar-refractivity contribution is 1.04. The molecule has 14 heavy (non-hydrogen) atoms. The zero-order valence-corrected chi connectivity index (χ0v) is 8.01. The van der Waals surface area contributed by atoms with E-state index >= 15 is 0 Å². The van der Waals surface area contributed by atoms with Crippen molar-refractivity contribution in [3.05, 3.63) is 36.4 Å². The van der Waals surface area contributed by atoms with E-state index in [4.69, 9.17) is 5.73 Å².